The Bertz CT molecular complexity index is 872. The molecule has 0 amide bonds. The minimum atomic E-state index is -0.510. The Morgan fingerprint density at radius 2 is 2.23 bits per heavy atom. The average Bonchev–Trinajstić information content (AvgIpc) is 2.93. The summed E-state index contributed by atoms with van der Waals surface area (Å²) in [6, 6.07) is 3.00. The molecule has 1 N–H and O–H groups in total. The van der Waals surface area contributed by atoms with E-state index in [0.717, 1.165) is 6.42 Å². The molecule has 26 heavy (non-hydrogen) atoms. The van der Waals surface area contributed by atoms with Crippen molar-refractivity contribution >= 4 is 24.1 Å². The molecule has 1 heterocycles. The maximum atomic E-state index is 11.4. The number of nitro groups is 1. The van der Waals surface area contributed by atoms with Crippen LogP contribution in [0, 0.1) is 14.9 Å². The third kappa shape index (κ3) is 4.45. The van der Waals surface area contributed by atoms with Crippen molar-refractivity contribution in [3.05, 3.63) is 38.4 Å². The average molecular weight is 379 g/mol. The Balaban J connectivity index is 2.48. The van der Waals surface area contributed by atoms with Crippen molar-refractivity contribution < 1.29 is 14.4 Å². The highest BCUT2D eigenvalue weighted by molar-refractivity contribution is 7.71. The van der Waals surface area contributed by atoms with Crippen LogP contribution in [0.2, 0.25) is 0 Å². The van der Waals surface area contributed by atoms with E-state index >= 15 is 0 Å². The molecule has 140 valence electrons. The molecule has 9 nitrogen and oxygen atoms in total. The van der Waals surface area contributed by atoms with Crippen molar-refractivity contribution in [3.63, 3.8) is 0 Å². The molecule has 0 saturated heterocycles. The van der Waals surface area contributed by atoms with Crippen LogP contribution in [0.3, 0.4) is 0 Å². The molecule has 2 rings (SSSR count). The lowest BCUT2D eigenvalue weighted by Gasteiger charge is -2.14. The molecule has 0 unspecified atom stereocenters. The number of ether oxygens (including phenoxy) is 2. The van der Waals surface area contributed by atoms with E-state index in [2.05, 4.69) is 15.3 Å². The Hall–Kier alpha value is -2.75. The van der Waals surface area contributed by atoms with Gasteiger partial charge in [-0.1, -0.05) is 6.92 Å². The highest BCUT2D eigenvalue weighted by Crippen LogP contribution is 2.38. The lowest BCUT2D eigenvalue weighted by atomic mass is 10.2. The van der Waals surface area contributed by atoms with Crippen LogP contribution >= 0.6 is 12.2 Å². The van der Waals surface area contributed by atoms with E-state index in [0.29, 0.717) is 22.6 Å². The molecule has 10 heteroatoms. The number of nitrogens with zero attached hydrogens (tertiary/aromatic N) is 4. The number of aromatic amines is 1. The first-order valence-electron chi connectivity index (χ1n) is 8.11. The third-order valence-electron chi connectivity index (χ3n) is 3.34. The fraction of sp³-hybridized carbons (Fsp3) is 0.438. The van der Waals surface area contributed by atoms with Gasteiger partial charge in [0, 0.05) is 18.1 Å². The second-order valence-electron chi connectivity index (χ2n) is 5.75. The van der Waals surface area contributed by atoms with E-state index in [4.69, 9.17) is 21.7 Å². The minimum absolute atomic E-state index is 0.0937. The molecule has 0 spiro atoms. The van der Waals surface area contributed by atoms with Gasteiger partial charge in [-0.05, 0) is 38.6 Å². The number of hydrogen-bond donors (Lipinski definition) is 1. The number of hydrogen-bond acceptors (Lipinski definition) is 7. The van der Waals surface area contributed by atoms with Crippen LogP contribution in [-0.4, -0.2) is 39.2 Å². The molecule has 0 bridgehead atoms. The van der Waals surface area contributed by atoms with Crippen LogP contribution in [0.25, 0.3) is 0 Å². The Labute approximate surface area is 155 Å². The zero-order chi connectivity index (χ0) is 19.3. The molecule has 0 radical (unpaired) electrons. The lowest BCUT2D eigenvalue weighted by Crippen LogP contribution is -2.09. The van der Waals surface area contributed by atoms with Gasteiger partial charge in [0.05, 0.1) is 24.4 Å². The first kappa shape index (κ1) is 19.6. The van der Waals surface area contributed by atoms with Crippen LogP contribution in [-0.2, 0) is 6.42 Å². The molecule has 0 fully saturated rings. The summed E-state index contributed by atoms with van der Waals surface area (Å²) in [5, 5.41) is 22.5. The summed E-state index contributed by atoms with van der Waals surface area (Å²) < 4.78 is 12.7. The molecule has 0 aliphatic carbocycles. The Morgan fingerprint density at radius 1 is 1.50 bits per heavy atom. The molecule has 0 atom stereocenters. The number of nitro benzene ring substituents is 1. The van der Waals surface area contributed by atoms with Crippen LogP contribution in [0.1, 0.15) is 38.6 Å². The summed E-state index contributed by atoms with van der Waals surface area (Å²) in [5.74, 6) is 1.05. The molecule has 0 aliphatic rings. The molecule has 2 aromatic rings. The zero-order valence-corrected chi connectivity index (χ0v) is 15.9. The van der Waals surface area contributed by atoms with Gasteiger partial charge in [-0.25, -0.2) is 0 Å². The number of methoxy groups -OCH3 is 1. The predicted octanol–water partition coefficient (Wildman–Crippen LogP) is 3.48. The minimum Gasteiger partial charge on any atom is -0.493 e. The number of aromatic nitrogens is 3. The van der Waals surface area contributed by atoms with Crippen LogP contribution in [0.4, 0.5) is 5.69 Å². The Morgan fingerprint density at radius 3 is 2.81 bits per heavy atom. The van der Waals surface area contributed by atoms with E-state index in [1.165, 1.54) is 24.1 Å². The van der Waals surface area contributed by atoms with Crippen molar-refractivity contribution in [3.8, 4) is 11.5 Å². The maximum absolute atomic E-state index is 11.4. The van der Waals surface area contributed by atoms with Gasteiger partial charge < -0.3 is 9.47 Å². The van der Waals surface area contributed by atoms with Gasteiger partial charge in [-0.15, -0.1) is 0 Å². The van der Waals surface area contributed by atoms with Crippen LogP contribution in [0.15, 0.2) is 17.2 Å². The first-order valence-corrected chi connectivity index (χ1v) is 8.51. The summed E-state index contributed by atoms with van der Waals surface area (Å²) >= 11 is 5.16. The van der Waals surface area contributed by atoms with Crippen LogP contribution < -0.4 is 9.47 Å². The van der Waals surface area contributed by atoms with Crippen molar-refractivity contribution in [2.75, 3.05) is 7.11 Å². The largest absolute Gasteiger partial charge is 0.493 e. The van der Waals surface area contributed by atoms with Gasteiger partial charge >= 0.3 is 5.69 Å². The molecule has 0 aliphatic heterocycles. The smallest absolute Gasteiger partial charge is 0.315 e. The molecular weight excluding hydrogens is 358 g/mol. The summed E-state index contributed by atoms with van der Waals surface area (Å²) in [4.78, 5) is 10.9. The van der Waals surface area contributed by atoms with E-state index < -0.39 is 4.92 Å². The number of nitrogens with one attached hydrogen (secondary N) is 1. The highest BCUT2D eigenvalue weighted by atomic mass is 32.1. The van der Waals surface area contributed by atoms with Gasteiger partial charge in [0.2, 0.25) is 10.5 Å². The van der Waals surface area contributed by atoms with E-state index in [9.17, 15) is 10.1 Å². The third-order valence-corrected chi connectivity index (χ3v) is 3.61. The van der Waals surface area contributed by atoms with Gasteiger partial charge in [0.15, 0.2) is 11.6 Å². The van der Waals surface area contributed by atoms with E-state index in [1.807, 2.05) is 6.92 Å². The number of H-pyrrole nitrogens is 1. The molecule has 0 saturated carbocycles. The maximum Gasteiger partial charge on any atom is 0.315 e. The highest BCUT2D eigenvalue weighted by Gasteiger charge is 2.23. The number of rotatable bonds is 8. The fourth-order valence-electron chi connectivity index (χ4n) is 2.28. The van der Waals surface area contributed by atoms with Gasteiger partial charge in [-0.3, -0.25) is 15.2 Å². The van der Waals surface area contributed by atoms with Crippen molar-refractivity contribution in [2.45, 2.75) is 39.7 Å². The standard InChI is InChI=1S/C16H21N5O4S/c1-5-6-14-18-19-16(26)20(14)17-9-11-7-12(21(22)23)15(25-10(2)3)13(8-11)24-4/h7-10H,5-6H2,1-4H3,(H,19,26)/b17-9-. The SMILES string of the molecule is CCCc1n[nH]c(=S)n1/N=C\c1cc(OC)c(OC(C)C)c([N+](=O)[O-])c1. The Kier molecular flexibility index (Phi) is 6.45. The molecular formula is C16H21N5O4S. The predicted molar refractivity (Wildman–Crippen MR) is 99.8 cm³/mol. The second-order valence-corrected chi connectivity index (χ2v) is 6.13. The normalized spacial score (nSPS) is 11.3. The van der Waals surface area contributed by atoms with Crippen molar-refractivity contribution in [1.29, 1.82) is 0 Å². The number of benzene rings is 1. The van der Waals surface area contributed by atoms with E-state index in [1.54, 1.807) is 19.9 Å². The quantitative estimate of drug-likeness (QED) is 0.326. The summed E-state index contributed by atoms with van der Waals surface area (Å²) in [5.41, 5.74) is 0.291. The van der Waals surface area contributed by atoms with Gasteiger partial charge in [-0.2, -0.15) is 14.9 Å². The fourth-order valence-corrected chi connectivity index (χ4v) is 2.48. The van der Waals surface area contributed by atoms with Crippen molar-refractivity contribution in [1.82, 2.24) is 14.9 Å². The molecule has 1 aromatic heterocycles. The molecule has 1 aromatic carbocycles. The topological polar surface area (TPSA) is 108 Å². The van der Waals surface area contributed by atoms with Crippen molar-refractivity contribution in [2.24, 2.45) is 5.10 Å². The van der Waals surface area contributed by atoms with Gasteiger partial charge in [0.25, 0.3) is 0 Å². The van der Waals surface area contributed by atoms with Crippen LogP contribution in [0.5, 0.6) is 11.5 Å². The lowest BCUT2D eigenvalue weighted by molar-refractivity contribution is -0.386. The summed E-state index contributed by atoms with van der Waals surface area (Å²) in [6.07, 6.45) is 2.83. The summed E-state index contributed by atoms with van der Waals surface area (Å²) in [7, 11) is 1.43. The van der Waals surface area contributed by atoms with Gasteiger partial charge in [0.1, 0.15) is 0 Å². The monoisotopic (exact) mass is 379 g/mol. The summed E-state index contributed by atoms with van der Waals surface area (Å²) in [6.45, 7) is 5.59. The zero-order valence-electron chi connectivity index (χ0n) is 15.1. The first-order chi connectivity index (χ1) is 12.4. The van der Waals surface area contributed by atoms with E-state index in [-0.39, 0.29) is 23.3 Å². The second kappa shape index (κ2) is 8.56. The number of aryl methyl sites for hydroxylation is 1.